The van der Waals surface area contributed by atoms with Crippen LogP contribution in [0.1, 0.15) is 42.0 Å². The molecule has 7 heteroatoms. The van der Waals surface area contributed by atoms with Crippen molar-refractivity contribution < 1.29 is 9.59 Å². The molecular formula is C26H23Br2N3O2. The quantitative estimate of drug-likeness (QED) is 0.363. The maximum absolute atomic E-state index is 13.2. The predicted octanol–water partition coefficient (Wildman–Crippen LogP) is 6.62. The molecule has 0 unspecified atom stereocenters. The number of amides is 2. The summed E-state index contributed by atoms with van der Waals surface area (Å²) in [6.45, 7) is 1.99. The van der Waals surface area contributed by atoms with Gasteiger partial charge >= 0.3 is 0 Å². The Kier molecular flexibility index (Phi) is 7.40. The van der Waals surface area contributed by atoms with Crippen molar-refractivity contribution in [2.75, 3.05) is 5.32 Å². The number of aryl methyl sites for hydroxylation is 1. The SMILES string of the molecule is Cc1ccc(NC(=O)CCC(=O)N2N=C(c3ccc(Br)cc3)C[C@H]2c2ccc(Br)cc2)cc1. The summed E-state index contributed by atoms with van der Waals surface area (Å²) in [6.07, 6.45) is 0.797. The maximum atomic E-state index is 13.2. The van der Waals surface area contributed by atoms with Crippen molar-refractivity contribution in [3.8, 4) is 0 Å². The molecule has 0 radical (unpaired) electrons. The molecule has 2 amide bonds. The first-order valence-electron chi connectivity index (χ1n) is 10.7. The minimum Gasteiger partial charge on any atom is -0.326 e. The minimum absolute atomic E-state index is 0.0852. The summed E-state index contributed by atoms with van der Waals surface area (Å²) in [5, 5.41) is 9.07. The molecule has 0 bridgehead atoms. The molecule has 5 nitrogen and oxygen atoms in total. The second kappa shape index (κ2) is 10.4. The highest BCUT2D eigenvalue weighted by atomic mass is 79.9. The lowest BCUT2D eigenvalue weighted by Crippen LogP contribution is -2.28. The van der Waals surface area contributed by atoms with Crippen LogP contribution in [0.4, 0.5) is 5.69 Å². The lowest BCUT2D eigenvalue weighted by Gasteiger charge is -2.22. The summed E-state index contributed by atoms with van der Waals surface area (Å²) in [5.74, 6) is -0.363. The number of anilines is 1. The molecule has 1 N–H and O–H groups in total. The molecule has 0 saturated carbocycles. The lowest BCUT2D eigenvalue weighted by molar-refractivity contribution is -0.134. The topological polar surface area (TPSA) is 61.8 Å². The first-order chi connectivity index (χ1) is 15.9. The van der Waals surface area contributed by atoms with Gasteiger partial charge in [-0.3, -0.25) is 9.59 Å². The summed E-state index contributed by atoms with van der Waals surface area (Å²) < 4.78 is 1.96. The Balaban J connectivity index is 1.48. The number of hydrogen-bond donors (Lipinski definition) is 1. The van der Waals surface area contributed by atoms with Crippen LogP contribution in [0, 0.1) is 6.92 Å². The highest BCUT2D eigenvalue weighted by molar-refractivity contribution is 9.10. The van der Waals surface area contributed by atoms with Gasteiger partial charge in [0, 0.05) is 33.9 Å². The molecule has 0 aromatic heterocycles. The van der Waals surface area contributed by atoms with Gasteiger partial charge in [0.1, 0.15) is 0 Å². The zero-order valence-electron chi connectivity index (χ0n) is 18.1. The fraction of sp³-hybridized carbons (Fsp3) is 0.192. The molecule has 4 rings (SSSR count). The average Bonchev–Trinajstić information content (AvgIpc) is 3.25. The van der Waals surface area contributed by atoms with Gasteiger partial charge in [0.15, 0.2) is 0 Å². The number of rotatable bonds is 6. The Labute approximate surface area is 210 Å². The van der Waals surface area contributed by atoms with Crippen LogP contribution < -0.4 is 5.32 Å². The Bertz CT molecular complexity index is 1170. The number of nitrogens with zero attached hydrogens (tertiary/aromatic N) is 2. The summed E-state index contributed by atoms with van der Waals surface area (Å²) in [4.78, 5) is 25.5. The van der Waals surface area contributed by atoms with E-state index >= 15 is 0 Å². The number of hydrazone groups is 1. The van der Waals surface area contributed by atoms with Crippen molar-refractivity contribution in [3.63, 3.8) is 0 Å². The molecule has 3 aromatic rings. The second-order valence-electron chi connectivity index (χ2n) is 7.98. The van der Waals surface area contributed by atoms with Crippen molar-refractivity contribution in [2.24, 2.45) is 5.10 Å². The number of nitrogens with one attached hydrogen (secondary N) is 1. The third-order valence-corrected chi connectivity index (χ3v) is 6.56. The molecule has 1 atom stereocenters. The zero-order valence-corrected chi connectivity index (χ0v) is 21.3. The maximum Gasteiger partial charge on any atom is 0.243 e. The molecule has 1 aliphatic rings. The number of halogens is 2. The Morgan fingerprint density at radius 1 is 0.909 bits per heavy atom. The number of hydrogen-bond acceptors (Lipinski definition) is 3. The lowest BCUT2D eigenvalue weighted by atomic mass is 9.98. The molecule has 1 heterocycles. The van der Waals surface area contributed by atoms with E-state index in [1.807, 2.05) is 79.7 Å². The van der Waals surface area contributed by atoms with Gasteiger partial charge in [-0.15, -0.1) is 0 Å². The highest BCUT2D eigenvalue weighted by Crippen LogP contribution is 2.34. The third-order valence-electron chi connectivity index (χ3n) is 5.50. The van der Waals surface area contributed by atoms with E-state index in [9.17, 15) is 9.59 Å². The molecular weight excluding hydrogens is 546 g/mol. The molecule has 1 aliphatic heterocycles. The first-order valence-corrected chi connectivity index (χ1v) is 12.2. The van der Waals surface area contributed by atoms with Gasteiger partial charge in [-0.2, -0.15) is 5.10 Å². The largest absolute Gasteiger partial charge is 0.326 e. The standard InChI is InChI=1S/C26H23Br2N3O2/c1-17-2-12-22(13-3-17)29-25(32)14-15-26(33)31-24(19-6-10-21(28)11-7-19)16-23(30-31)18-4-8-20(27)9-5-18/h2-13,24H,14-16H2,1H3,(H,29,32)/t24-/m0/s1. The van der Waals surface area contributed by atoms with Crippen LogP contribution in [0.3, 0.4) is 0 Å². The molecule has 168 valence electrons. The number of carbonyl (C=O) groups is 2. The van der Waals surface area contributed by atoms with Crippen molar-refractivity contribution in [3.05, 3.63) is 98.4 Å². The van der Waals surface area contributed by atoms with Crippen molar-refractivity contribution >= 4 is 55.1 Å². The summed E-state index contributed by atoms with van der Waals surface area (Å²) >= 11 is 6.93. The van der Waals surface area contributed by atoms with E-state index in [0.29, 0.717) is 6.42 Å². The van der Waals surface area contributed by atoms with E-state index in [2.05, 4.69) is 42.3 Å². The molecule has 0 spiro atoms. The Hall–Kier alpha value is -2.77. The predicted molar refractivity (Wildman–Crippen MR) is 138 cm³/mol. The van der Waals surface area contributed by atoms with Crippen LogP contribution in [0.25, 0.3) is 0 Å². The third kappa shape index (κ3) is 5.97. The van der Waals surface area contributed by atoms with Gasteiger partial charge in [0.25, 0.3) is 0 Å². The van der Waals surface area contributed by atoms with Crippen molar-refractivity contribution in [1.82, 2.24) is 5.01 Å². The Morgan fingerprint density at radius 3 is 2.15 bits per heavy atom. The van der Waals surface area contributed by atoms with E-state index in [-0.39, 0.29) is 30.7 Å². The summed E-state index contributed by atoms with van der Waals surface area (Å²) in [6, 6.07) is 23.2. The van der Waals surface area contributed by atoms with E-state index in [0.717, 1.165) is 37.0 Å². The molecule has 0 fully saturated rings. The van der Waals surface area contributed by atoms with E-state index in [4.69, 9.17) is 0 Å². The normalized spacial score (nSPS) is 15.3. The van der Waals surface area contributed by atoms with Crippen LogP contribution in [-0.2, 0) is 9.59 Å². The van der Waals surface area contributed by atoms with Gasteiger partial charge in [-0.25, -0.2) is 5.01 Å². The summed E-state index contributed by atoms with van der Waals surface area (Å²) in [5.41, 5.74) is 4.69. The van der Waals surface area contributed by atoms with Gasteiger partial charge in [0.2, 0.25) is 11.8 Å². The highest BCUT2D eigenvalue weighted by Gasteiger charge is 2.33. The monoisotopic (exact) mass is 567 g/mol. The zero-order chi connectivity index (χ0) is 23.4. The number of carbonyl (C=O) groups excluding carboxylic acids is 2. The fourth-order valence-corrected chi connectivity index (χ4v) is 4.23. The van der Waals surface area contributed by atoms with Crippen LogP contribution in [-0.4, -0.2) is 22.5 Å². The van der Waals surface area contributed by atoms with Gasteiger partial charge in [0.05, 0.1) is 11.8 Å². The van der Waals surface area contributed by atoms with Crippen LogP contribution in [0.2, 0.25) is 0 Å². The fourth-order valence-electron chi connectivity index (χ4n) is 3.70. The number of benzene rings is 3. The van der Waals surface area contributed by atoms with Crippen LogP contribution in [0.15, 0.2) is 86.8 Å². The smallest absolute Gasteiger partial charge is 0.243 e. The molecule has 3 aromatic carbocycles. The summed E-state index contributed by atoms with van der Waals surface area (Å²) in [7, 11) is 0. The molecule has 33 heavy (non-hydrogen) atoms. The van der Waals surface area contributed by atoms with Gasteiger partial charge < -0.3 is 5.32 Å². The average molecular weight is 569 g/mol. The van der Waals surface area contributed by atoms with Gasteiger partial charge in [-0.1, -0.05) is 73.8 Å². The van der Waals surface area contributed by atoms with Crippen molar-refractivity contribution in [2.45, 2.75) is 32.2 Å². The van der Waals surface area contributed by atoms with Crippen LogP contribution >= 0.6 is 31.9 Å². The first kappa shape index (κ1) is 23.4. The molecule has 0 saturated heterocycles. The minimum atomic E-state index is -0.204. The molecule has 0 aliphatic carbocycles. The van der Waals surface area contributed by atoms with E-state index in [1.54, 1.807) is 5.01 Å². The van der Waals surface area contributed by atoms with E-state index in [1.165, 1.54) is 0 Å². The Morgan fingerprint density at radius 2 is 1.52 bits per heavy atom. The second-order valence-corrected chi connectivity index (χ2v) is 9.81. The van der Waals surface area contributed by atoms with Gasteiger partial charge in [-0.05, 0) is 54.4 Å². The van der Waals surface area contributed by atoms with Crippen LogP contribution in [0.5, 0.6) is 0 Å². The van der Waals surface area contributed by atoms with Crippen molar-refractivity contribution in [1.29, 1.82) is 0 Å². The van der Waals surface area contributed by atoms with E-state index < -0.39 is 0 Å².